The van der Waals surface area contributed by atoms with Crippen molar-refractivity contribution in [1.82, 2.24) is 19.9 Å². The maximum atomic E-state index is 9.59. The monoisotopic (exact) mass is 294 g/mol. The lowest BCUT2D eigenvalue weighted by atomic mass is 10.1. The minimum atomic E-state index is -0.260. The predicted molar refractivity (Wildman–Crippen MR) is 78.9 cm³/mol. The van der Waals surface area contributed by atoms with Gasteiger partial charge in [0.05, 0.1) is 12.6 Å². The molecule has 1 aliphatic heterocycles. The van der Waals surface area contributed by atoms with Gasteiger partial charge in [-0.05, 0) is 26.2 Å². The molecular weight excluding hydrogens is 268 g/mol. The molecule has 1 saturated heterocycles. The van der Waals surface area contributed by atoms with Gasteiger partial charge in [0.25, 0.3) is 0 Å². The van der Waals surface area contributed by atoms with Gasteiger partial charge in [-0.2, -0.15) is 4.98 Å². The van der Waals surface area contributed by atoms with Crippen molar-refractivity contribution in [2.45, 2.75) is 57.7 Å². The molecule has 0 amide bonds. The SMILES string of the molecule is CC[C@H]1CN(Cc2noc(C3CC3)n2)CCN1C[C@@H](C)O. The van der Waals surface area contributed by atoms with Gasteiger partial charge in [0.2, 0.25) is 5.89 Å². The van der Waals surface area contributed by atoms with E-state index < -0.39 is 0 Å². The molecule has 21 heavy (non-hydrogen) atoms. The third kappa shape index (κ3) is 3.81. The molecule has 118 valence electrons. The molecule has 1 N–H and O–H groups in total. The van der Waals surface area contributed by atoms with Crippen LogP contribution >= 0.6 is 0 Å². The van der Waals surface area contributed by atoms with Crippen molar-refractivity contribution in [3.8, 4) is 0 Å². The largest absolute Gasteiger partial charge is 0.392 e. The summed E-state index contributed by atoms with van der Waals surface area (Å²) in [4.78, 5) is 9.30. The first-order valence-corrected chi connectivity index (χ1v) is 8.12. The Labute approximate surface area is 126 Å². The zero-order chi connectivity index (χ0) is 14.8. The zero-order valence-corrected chi connectivity index (χ0v) is 13.0. The second-order valence-electron chi connectivity index (χ2n) is 6.46. The lowest BCUT2D eigenvalue weighted by Crippen LogP contribution is -2.54. The van der Waals surface area contributed by atoms with E-state index in [1.165, 1.54) is 12.8 Å². The summed E-state index contributed by atoms with van der Waals surface area (Å²) >= 11 is 0. The van der Waals surface area contributed by atoms with Crippen molar-refractivity contribution in [2.24, 2.45) is 0 Å². The average molecular weight is 294 g/mol. The number of piperazine rings is 1. The Morgan fingerprint density at radius 2 is 2.19 bits per heavy atom. The number of aromatic nitrogens is 2. The van der Waals surface area contributed by atoms with Crippen LogP contribution in [0.5, 0.6) is 0 Å². The quantitative estimate of drug-likeness (QED) is 0.851. The highest BCUT2D eigenvalue weighted by molar-refractivity contribution is 5.02. The molecule has 0 aromatic carbocycles. The number of hydrogen-bond donors (Lipinski definition) is 1. The molecule has 6 heteroatoms. The maximum Gasteiger partial charge on any atom is 0.229 e. The molecule has 0 unspecified atom stereocenters. The molecule has 2 fully saturated rings. The van der Waals surface area contributed by atoms with Crippen molar-refractivity contribution >= 4 is 0 Å². The normalized spacial score (nSPS) is 26.1. The summed E-state index contributed by atoms with van der Waals surface area (Å²) in [6.07, 6.45) is 3.22. The standard InChI is InChI=1S/C15H26N4O2/c1-3-13-9-18(6-7-19(13)8-11(2)20)10-14-16-15(21-17-14)12-4-5-12/h11-13,20H,3-10H2,1-2H3/t11-,13+/m1/s1. The Morgan fingerprint density at radius 3 is 2.86 bits per heavy atom. The molecule has 1 saturated carbocycles. The van der Waals surface area contributed by atoms with Crippen LogP contribution in [0.1, 0.15) is 50.7 Å². The van der Waals surface area contributed by atoms with E-state index in [0.717, 1.165) is 50.9 Å². The average Bonchev–Trinajstić information content (AvgIpc) is 3.21. The van der Waals surface area contributed by atoms with Crippen LogP contribution in [0.15, 0.2) is 4.52 Å². The first kappa shape index (κ1) is 14.9. The van der Waals surface area contributed by atoms with Gasteiger partial charge in [-0.3, -0.25) is 9.80 Å². The number of β-amino-alcohol motifs (C(OH)–C–C–N with tert-alkyl or cyclic N) is 1. The predicted octanol–water partition coefficient (Wildman–Crippen LogP) is 1.22. The van der Waals surface area contributed by atoms with Crippen LogP contribution < -0.4 is 0 Å². The number of aliphatic hydroxyl groups is 1. The second-order valence-corrected chi connectivity index (χ2v) is 6.46. The van der Waals surface area contributed by atoms with E-state index in [2.05, 4.69) is 26.9 Å². The molecule has 1 aliphatic carbocycles. The summed E-state index contributed by atoms with van der Waals surface area (Å²) in [7, 11) is 0. The molecule has 3 rings (SSSR count). The van der Waals surface area contributed by atoms with Crippen molar-refractivity contribution in [1.29, 1.82) is 0 Å². The molecule has 2 atom stereocenters. The molecule has 0 radical (unpaired) electrons. The first-order valence-electron chi connectivity index (χ1n) is 8.12. The summed E-state index contributed by atoms with van der Waals surface area (Å²) < 4.78 is 5.33. The summed E-state index contributed by atoms with van der Waals surface area (Å²) in [5.41, 5.74) is 0. The highest BCUT2D eigenvalue weighted by Crippen LogP contribution is 2.38. The minimum absolute atomic E-state index is 0.260. The summed E-state index contributed by atoms with van der Waals surface area (Å²) in [6.45, 7) is 8.61. The molecule has 1 aromatic heterocycles. The second kappa shape index (κ2) is 6.42. The molecule has 2 heterocycles. The number of hydrogen-bond acceptors (Lipinski definition) is 6. The maximum absolute atomic E-state index is 9.59. The van der Waals surface area contributed by atoms with E-state index in [0.29, 0.717) is 12.0 Å². The zero-order valence-electron chi connectivity index (χ0n) is 13.0. The number of rotatable bonds is 6. The van der Waals surface area contributed by atoms with Crippen LogP contribution in [-0.4, -0.2) is 63.4 Å². The van der Waals surface area contributed by atoms with Gasteiger partial charge in [-0.25, -0.2) is 0 Å². The summed E-state index contributed by atoms with van der Waals surface area (Å²) in [5, 5.41) is 13.7. The van der Waals surface area contributed by atoms with Gasteiger partial charge in [0.15, 0.2) is 5.82 Å². The lowest BCUT2D eigenvalue weighted by molar-refractivity contribution is 0.0326. The summed E-state index contributed by atoms with van der Waals surface area (Å²) in [5.74, 6) is 2.16. The van der Waals surface area contributed by atoms with E-state index in [4.69, 9.17) is 4.52 Å². The third-order valence-electron chi connectivity index (χ3n) is 4.43. The van der Waals surface area contributed by atoms with Crippen molar-refractivity contribution in [3.63, 3.8) is 0 Å². The molecule has 0 bridgehead atoms. The Morgan fingerprint density at radius 1 is 1.38 bits per heavy atom. The minimum Gasteiger partial charge on any atom is -0.392 e. The van der Waals surface area contributed by atoms with Crippen molar-refractivity contribution in [3.05, 3.63) is 11.7 Å². The van der Waals surface area contributed by atoms with E-state index in [9.17, 15) is 5.11 Å². The van der Waals surface area contributed by atoms with Crippen molar-refractivity contribution < 1.29 is 9.63 Å². The van der Waals surface area contributed by atoms with Gasteiger partial charge < -0.3 is 9.63 Å². The van der Waals surface area contributed by atoms with E-state index in [1.807, 2.05) is 6.92 Å². The fourth-order valence-electron chi connectivity index (χ4n) is 3.10. The van der Waals surface area contributed by atoms with Crippen LogP contribution in [-0.2, 0) is 6.54 Å². The Balaban J connectivity index is 1.54. The van der Waals surface area contributed by atoms with Crippen LogP contribution in [0.3, 0.4) is 0 Å². The lowest BCUT2D eigenvalue weighted by Gasteiger charge is -2.41. The Hall–Kier alpha value is -0.980. The first-order chi connectivity index (χ1) is 10.2. The third-order valence-corrected chi connectivity index (χ3v) is 4.43. The van der Waals surface area contributed by atoms with E-state index in [-0.39, 0.29) is 6.10 Å². The van der Waals surface area contributed by atoms with E-state index in [1.54, 1.807) is 0 Å². The van der Waals surface area contributed by atoms with Gasteiger partial charge in [-0.15, -0.1) is 0 Å². The Kier molecular flexibility index (Phi) is 4.57. The number of aliphatic hydroxyl groups excluding tert-OH is 1. The fraction of sp³-hybridized carbons (Fsp3) is 0.867. The van der Waals surface area contributed by atoms with Gasteiger partial charge in [0.1, 0.15) is 0 Å². The van der Waals surface area contributed by atoms with Crippen LogP contribution in [0, 0.1) is 0 Å². The van der Waals surface area contributed by atoms with Gasteiger partial charge in [0, 0.05) is 38.1 Å². The number of nitrogens with zero attached hydrogens (tertiary/aromatic N) is 4. The molecule has 2 aliphatic rings. The highest BCUT2D eigenvalue weighted by atomic mass is 16.5. The Bertz CT molecular complexity index is 458. The summed E-state index contributed by atoms with van der Waals surface area (Å²) in [6, 6.07) is 0.503. The molecule has 6 nitrogen and oxygen atoms in total. The van der Waals surface area contributed by atoms with Gasteiger partial charge >= 0.3 is 0 Å². The fourth-order valence-corrected chi connectivity index (χ4v) is 3.10. The van der Waals surface area contributed by atoms with Crippen LogP contribution in [0.25, 0.3) is 0 Å². The van der Waals surface area contributed by atoms with E-state index >= 15 is 0 Å². The molecule has 0 spiro atoms. The van der Waals surface area contributed by atoms with Crippen molar-refractivity contribution in [2.75, 3.05) is 26.2 Å². The van der Waals surface area contributed by atoms with Crippen LogP contribution in [0.4, 0.5) is 0 Å². The topological polar surface area (TPSA) is 65.6 Å². The van der Waals surface area contributed by atoms with Gasteiger partial charge in [-0.1, -0.05) is 12.1 Å². The molecule has 1 aromatic rings. The highest BCUT2D eigenvalue weighted by Gasteiger charge is 2.31. The molecular formula is C15H26N4O2. The smallest absolute Gasteiger partial charge is 0.229 e. The van der Waals surface area contributed by atoms with Crippen LogP contribution in [0.2, 0.25) is 0 Å².